The molecule has 0 fully saturated rings. The van der Waals surface area contributed by atoms with Crippen molar-refractivity contribution in [3.8, 4) is 0 Å². The SMILES string of the molecule is CCCCCCC/C=C\CCCCCCCC(=O)OCCCCCCCCCCCCCC/C=C\CCCCCCCCCCCCCCCCCC(=O)NC(CO)C(O)CCCCCCCCCCCC. The van der Waals surface area contributed by atoms with Gasteiger partial charge in [0.05, 0.1) is 25.4 Å². The molecule has 0 aromatic carbocycles. The highest BCUT2D eigenvalue weighted by molar-refractivity contribution is 5.76. The Labute approximate surface area is 450 Å². The lowest BCUT2D eigenvalue weighted by Gasteiger charge is -2.22. The summed E-state index contributed by atoms with van der Waals surface area (Å²) in [6, 6.07) is -0.537. The van der Waals surface area contributed by atoms with E-state index in [0.717, 1.165) is 44.9 Å². The van der Waals surface area contributed by atoms with Crippen molar-refractivity contribution < 1.29 is 24.5 Å². The highest BCUT2D eigenvalue weighted by Crippen LogP contribution is 2.18. The van der Waals surface area contributed by atoms with Gasteiger partial charge in [0.1, 0.15) is 0 Å². The first-order chi connectivity index (χ1) is 35.5. The number of amides is 1. The van der Waals surface area contributed by atoms with E-state index < -0.39 is 12.1 Å². The molecule has 0 aliphatic rings. The molecule has 0 aromatic heterocycles. The molecule has 1 amide bonds. The Morgan fingerprint density at radius 3 is 0.986 bits per heavy atom. The lowest BCUT2D eigenvalue weighted by atomic mass is 10.0. The van der Waals surface area contributed by atoms with Crippen LogP contribution in [-0.4, -0.2) is 47.4 Å². The van der Waals surface area contributed by atoms with E-state index in [2.05, 4.69) is 43.5 Å². The number of rotatable bonds is 61. The molecule has 0 bridgehead atoms. The standard InChI is InChI=1S/C66H127NO5/c1-3-5-7-9-11-13-15-16-37-40-44-48-52-56-60-66(71)72-61-57-53-49-45-41-38-35-33-31-29-27-25-23-21-19-17-18-20-22-24-26-28-30-32-34-36-39-43-47-51-55-59-65(70)67-63(62-68)64(69)58-54-50-46-42-14-12-10-8-6-4-2/h15-16,19,21,63-64,68-69H,3-14,17-18,20,22-62H2,1-2H3,(H,67,70)/b16-15-,21-19-. The Balaban J connectivity index is 3.33. The molecule has 0 radical (unpaired) electrons. The van der Waals surface area contributed by atoms with E-state index in [1.54, 1.807) is 0 Å². The highest BCUT2D eigenvalue weighted by Gasteiger charge is 2.20. The number of unbranched alkanes of at least 4 members (excludes halogenated alkanes) is 46. The van der Waals surface area contributed by atoms with Gasteiger partial charge in [-0.2, -0.15) is 0 Å². The third kappa shape index (κ3) is 57.6. The summed E-state index contributed by atoms with van der Waals surface area (Å²) >= 11 is 0. The van der Waals surface area contributed by atoms with Crippen molar-refractivity contribution in [2.75, 3.05) is 13.2 Å². The molecule has 3 N–H and O–H groups in total. The van der Waals surface area contributed by atoms with Crippen molar-refractivity contribution in [1.29, 1.82) is 0 Å². The Morgan fingerprint density at radius 1 is 0.375 bits per heavy atom. The Morgan fingerprint density at radius 2 is 0.653 bits per heavy atom. The van der Waals surface area contributed by atoms with Gasteiger partial charge in [0, 0.05) is 12.8 Å². The minimum Gasteiger partial charge on any atom is -0.466 e. The van der Waals surface area contributed by atoms with Crippen LogP contribution >= 0.6 is 0 Å². The third-order valence-corrected chi connectivity index (χ3v) is 15.2. The van der Waals surface area contributed by atoms with Crippen molar-refractivity contribution in [3.05, 3.63) is 24.3 Å². The molecule has 0 heterocycles. The molecule has 0 aliphatic carbocycles. The van der Waals surface area contributed by atoms with E-state index in [-0.39, 0.29) is 18.5 Å². The second-order valence-corrected chi connectivity index (χ2v) is 22.4. The Bertz CT molecular complexity index is 1120. The van der Waals surface area contributed by atoms with Crippen LogP contribution in [-0.2, 0) is 14.3 Å². The van der Waals surface area contributed by atoms with Gasteiger partial charge in [-0.3, -0.25) is 9.59 Å². The maximum atomic E-state index is 12.4. The lowest BCUT2D eigenvalue weighted by molar-refractivity contribution is -0.143. The first-order valence-corrected chi connectivity index (χ1v) is 32.6. The van der Waals surface area contributed by atoms with Gasteiger partial charge in [-0.1, -0.05) is 295 Å². The fourth-order valence-electron chi connectivity index (χ4n) is 10.2. The molecule has 0 aliphatic heterocycles. The van der Waals surface area contributed by atoms with Crippen LogP contribution in [0.15, 0.2) is 24.3 Å². The summed E-state index contributed by atoms with van der Waals surface area (Å²) in [4.78, 5) is 24.5. The normalized spacial score (nSPS) is 12.7. The average molecular weight is 1010 g/mol. The summed E-state index contributed by atoms with van der Waals surface area (Å²) in [5.41, 5.74) is 0. The molecule has 426 valence electrons. The molecule has 72 heavy (non-hydrogen) atoms. The van der Waals surface area contributed by atoms with Crippen LogP contribution in [0.2, 0.25) is 0 Å². The Hall–Kier alpha value is -1.66. The van der Waals surface area contributed by atoms with Gasteiger partial charge in [-0.05, 0) is 77.0 Å². The first kappa shape index (κ1) is 70.3. The van der Waals surface area contributed by atoms with E-state index >= 15 is 0 Å². The van der Waals surface area contributed by atoms with Crippen LogP contribution in [0, 0.1) is 0 Å². The number of aliphatic hydroxyl groups excluding tert-OH is 2. The van der Waals surface area contributed by atoms with Gasteiger partial charge in [-0.25, -0.2) is 0 Å². The van der Waals surface area contributed by atoms with Crippen LogP contribution in [0.5, 0.6) is 0 Å². The van der Waals surface area contributed by atoms with Crippen LogP contribution in [0.1, 0.15) is 361 Å². The van der Waals surface area contributed by atoms with Crippen LogP contribution in [0.4, 0.5) is 0 Å². The topological polar surface area (TPSA) is 95.9 Å². The van der Waals surface area contributed by atoms with Gasteiger partial charge in [0.15, 0.2) is 0 Å². The fraction of sp³-hybridized carbons (Fsp3) is 0.909. The van der Waals surface area contributed by atoms with Crippen molar-refractivity contribution in [3.63, 3.8) is 0 Å². The molecule has 2 unspecified atom stereocenters. The third-order valence-electron chi connectivity index (χ3n) is 15.2. The molecule has 0 rings (SSSR count). The molecule has 2 atom stereocenters. The summed E-state index contributed by atoms with van der Waals surface area (Å²) in [6.45, 7) is 4.95. The second-order valence-electron chi connectivity index (χ2n) is 22.4. The highest BCUT2D eigenvalue weighted by atomic mass is 16.5. The van der Waals surface area contributed by atoms with Crippen LogP contribution in [0.3, 0.4) is 0 Å². The molecule has 0 aromatic rings. The summed E-state index contributed by atoms with van der Waals surface area (Å²) in [6.07, 6.45) is 76.5. The molecule has 0 spiro atoms. The average Bonchev–Trinajstić information content (AvgIpc) is 3.38. The molecular formula is C66H127NO5. The van der Waals surface area contributed by atoms with Crippen LogP contribution in [0.25, 0.3) is 0 Å². The maximum Gasteiger partial charge on any atom is 0.305 e. The molecule has 6 nitrogen and oxygen atoms in total. The van der Waals surface area contributed by atoms with Gasteiger partial charge in [0.2, 0.25) is 5.91 Å². The quantitative estimate of drug-likeness (QED) is 0.0320. The van der Waals surface area contributed by atoms with E-state index in [4.69, 9.17) is 4.74 Å². The zero-order chi connectivity index (χ0) is 52.2. The van der Waals surface area contributed by atoms with Crippen molar-refractivity contribution in [1.82, 2.24) is 5.32 Å². The van der Waals surface area contributed by atoms with Crippen molar-refractivity contribution in [2.45, 2.75) is 373 Å². The van der Waals surface area contributed by atoms with Gasteiger partial charge >= 0.3 is 5.97 Å². The zero-order valence-corrected chi connectivity index (χ0v) is 48.7. The lowest BCUT2D eigenvalue weighted by Crippen LogP contribution is -2.45. The number of carbonyl (C=O) groups excluding carboxylic acids is 2. The van der Waals surface area contributed by atoms with Gasteiger partial charge < -0.3 is 20.3 Å². The number of aliphatic hydroxyl groups is 2. The molecular weight excluding hydrogens is 887 g/mol. The summed E-state index contributed by atoms with van der Waals surface area (Å²) in [5, 5.41) is 23.2. The number of hydrogen-bond donors (Lipinski definition) is 3. The van der Waals surface area contributed by atoms with Crippen molar-refractivity contribution >= 4 is 11.9 Å². The predicted octanol–water partition coefficient (Wildman–Crippen LogP) is 20.6. The van der Waals surface area contributed by atoms with E-state index in [1.807, 2.05) is 0 Å². The maximum absolute atomic E-state index is 12.4. The number of allylic oxidation sites excluding steroid dienone is 4. The van der Waals surface area contributed by atoms with Crippen molar-refractivity contribution in [2.24, 2.45) is 0 Å². The largest absolute Gasteiger partial charge is 0.466 e. The summed E-state index contributed by atoms with van der Waals surface area (Å²) in [5.74, 6) is -0.0239. The Kier molecular flexibility index (Phi) is 60.5. The summed E-state index contributed by atoms with van der Waals surface area (Å²) in [7, 11) is 0. The molecule has 0 saturated carbocycles. The van der Waals surface area contributed by atoms with E-state index in [9.17, 15) is 19.8 Å². The van der Waals surface area contributed by atoms with Crippen LogP contribution < -0.4 is 5.32 Å². The summed E-state index contributed by atoms with van der Waals surface area (Å²) < 4.78 is 5.48. The second kappa shape index (κ2) is 61.9. The van der Waals surface area contributed by atoms with E-state index in [0.29, 0.717) is 25.9 Å². The number of carbonyl (C=O) groups is 2. The number of esters is 1. The molecule has 0 saturated heterocycles. The number of nitrogens with one attached hydrogen (secondary N) is 1. The van der Waals surface area contributed by atoms with Gasteiger partial charge in [0.25, 0.3) is 0 Å². The zero-order valence-electron chi connectivity index (χ0n) is 48.7. The predicted molar refractivity (Wildman–Crippen MR) is 315 cm³/mol. The number of hydrogen-bond acceptors (Lipinski definition) is 5. The molecule has 6 heteroatoms. The monoisotopic (exact) mass is 1010 g/mol. The number of ether oxygens (including phenoxy) is 1. The van der Waals surface area contributed by atoms with Gasteiger partial charge in [-0.15, -0.1) is 0 Å². The minimum atomic E-state index is -0.660. The first-order valence-electron chi connectivity index (χ1n) is 32.6. The minimum absolute atomic E-state index is 0.00935. The fourth-order valence-corrected chi connectivity index (χ4v) is 10.2. The smallest absolute Gasteiger partial charge is 0.305 e. The van der Waals surface area contributed by atoms with E-state index in [1.165, 1.54) is 283 Å².